The Morgan fingerprint density at radius 2 is 1.62 bits per heavy atom. The van der Waals surface area contributed by atoms with Crippen molar-refractivity contribution in [3.05, 3.63) is 58.1 Å². The molecule has 0 heterocycles. The number of carbonyl (C=O) groups is 2. The van der Waals surface area contributed by atoms with E-state index in [4.69, 9.17) is 0 Å². The van der Waals surface area contributed by atoms with Crippen LogP contribution in [0.1, 0.15) is 11.1 Å². The minimum absolute atomic E-state index is 0.0892. The number of anilines is 1. The Morgan fingerprint density at radius 1 is 1.00 bits per heavy atom. The molecule has 0 saturated heterocycles. The third-order valence-electron chi connectivity index (χ3n) is 4.56. The van der Waals surface area contributed by atoms with Crippen LogP contribution in [0.25, 0.3) is 0 Å². The van der Waals surface area contributed by atoms with Crippen molar-refractivity contribution in [2.75, 3.05) is 32.5 Å². The number of benzene rings is 2. The van der Waals surface area contributed by atoms with Crippen LogP contribution in [0.3, 0.4) is 0 Å². The van der Waals surface area contributed by atoms with Gasteiger partial charge in [-0.25, -0.2) is 8.42 Å². The minimum atomic E-state index is -3.81. The van der Waals surface area contributed by atoms with Gasteiger partial charge < -0.3 is 10.2 Å². The Balaban J connectivity index is 1.98. The number of halogens is 1. The molecule has 0 saturated carbocycles. The monoisotopic (exact) mass is 481 g/mol. The summed E-state index contributed by atoms with van der Waals surface area (Å²) < 4.78 is 26.9. The second-order valence-electron chi connectivity index (χ2n) is 6.76. The van der Waals surface area contributed by atoms with Crippen molar-refractivity contribution in [2.24, 2.45) is 0 Å². The number of likely N-dealkylation sites (N-methyl/N-ethyl adjacent to an activating group) is 2. The van der Waals surface area contributed by atoms with E-state index in [2.05, 4.69) is 21.2 Å². The van der Waals surface area contributed by atoms with Gasteiger partial charge in [0, 0.05) is 24.3 Å². The summed E-state index contributed by atoms with van der Waals surface area (Å²) in [7, 11) is -1.01. The van der Waals surface area contributed by atoms with Crippen LogP contribution in [-0.4, -0.2) is 56.6 Å². The summed E-state index contributed by atoms with van der Waals surface area (Å²) in [5, 5.41) is 2.78. The molecule has 0 bridgehead atoms. The molecule has 0 spiro atoms. The molecule has 2 aromatic carbocycles. The Hall–Kier alpha value is -2.23. The topological polar surface area (TPSA) is 86.8 Å². The van der Waals surface area contributed by atoms with Crippen LogP contribution in [0.4, 0.5) is 5.69 Å². The number of nitrogens with zero attached hydrogens (tertiary/aromatic N) is 2. The first-order chi connectivity index (χ1) is 13.5. The van der Waals surface area contributed by atoms with E-state index in [0.717, 1.165) is 19.9 Å². The Labute approximate surface area is 179 Å². The largest absolute Gasteiger partial charge is 0.335 e. The first-order valence-corrected chi connectivity index (χ1v) is 11.1. The van der Waals surface area contributed by atoms with E-state index in [1.807, 2.05) is 26.0 Å². The normalized spacial score (nSPS) is 11.4. The van der Waals surface area contributed by atoms with Crippen molar-refractivity contribution in [3.8, 4) is 0 Å². The molecule has 0 aliphatic carbocycles. The minimum Gasteiger partial charge on any atom is -0.335 e. The van der Waals surface area contributed by atoms with Gasteiger partial charge in [0.05, 0.1) is 18.0 Å². The van der Waals surface area contributed by atoms with Crippen molar-refractivity contribution in [3.63, 3.8) is 0 Å². The van der Waals surface area contributed by atoms with Gasteiger partial charge in [0.1, 0.15) is 0 Å². The van der Waals surface area contributed by atoms with E-state index < -0.39 is 15.9 Å². The number of nitrogens with one attached hydrogen (secondary N) is 1. The van der Waals surface area contributed by atoms with Crippen LogP contribution in [0.5, 0.6) is 0 Å². The predicted molar refractivity (Wildman–Crippen MR) is 116 cm³/mol. The molecule has 0 atom stereocenters. The van der Waals surface area contributed by atoms with E-state index in [1.165, 1.54) is 31.1 Å². The second kappa shape index (κ2) is 9.51. The summed E-state index contributed by atoms with van der Waals surface area (Å²) >= 11 is 3.26. The fourth-order valence-electron chi connectivity index (χ4n) is 2.56. The van der Waals surface area contributed by atoms with Crippen LogP contribution < -0.4 is 5.32 Å². The molecule has 29 heavy (non-hydrogen) atoms. The maximum atomic E-state index is 12.6. The molecule has 2 aromatic rings. The molecule has 2 amide bonds. The van der Waals surface area contributed by atoms with Crippen molar-refractivity contribution >= 4 is 43.5 Å². The predicted octanol–water partition coefficient (Wildman–Crippen LogP) is 2.78. The molecule has 0 unspecified atom stereocenters. The highest BCUT2D eigenvalue weighted by atomic mass is 79.9. The lowest BCUT2D eigenvalue weighted by molar-refractivity contribution is -0.133. The summed E-state index contributed by atoms with van der Waals surface area (Å²) in [6.07, 6.45) is 0. The fourth-order valence-corrected chi connectivity index (χ4v) is 3.95. The van der Waals surface area contributed by atoms with Gasteiger partial charge in [-0.2, -0.15) is 4.31 Å². The van der Waals surface area contributed by atoms with Gasteiger partial charge in [-0.1, -0.05) is 28.1 Å². The van der Waals surface area contributed by atoms with Crippen molar-refractivity contribution in [1.82, 2.24) is 9.21 Å². The molecule has 2 rings (SSSR count). The van der Waals surface area contributed by atoms with Gasteiger partial charge in [-0.3, -0.25) is 9.59 Å². The molecule has 7 nitrogen and oxygen atoms in total. The number of hydrogen-bond acceptors (Lipinski definition) is 4. The number of rotatable bonds is 7. The molecule has 156 valence electrons. The van der Waals surface area contributed by atoms with Crippen LogP contribution in [0.2, 0.25) is 0 Å². The maximum Gasteiger partial charge on any atom is 0.243 e. The highest BCUT2D eigenvalue weighted by Crippen LogP contribution is 2.19. The summed E-state index contributed by atoms with van der Waals surface area (Å²) in [5.41, 5.74) is 2.69. The standard InChI is InChI=1S/C20H24BrN3O4S/c1-14-6-5-7-18(15(14)2)22-19(25)12-23(3)20(26)13-24(4)29(27,28)17-10-8-16(21)9-11-17/h5-11H,12-13H2,1-4H3,(H,22,25). The highest BCUT2D eigenvalue weighted by molar-refractivity contribution is 9.10. The zero-order valence-electron chi connectivity index (χ0n) is 16.8. The number of carbonyl (C=O) groups excluding carboxylic acids is 2. The summed E-state index contributed by atoms with van der Waals surface area (Å²) in [6, 6.07) is 11.7. The first kappa shape index (κ1) is 23.1. The maximum absolute atomic E-state index is 12.6. The van der Waals surface area contributed by atoms with Gasteiger partial charge in [-0.15, -0.1) is 0 Å². The first-order valence-electron chi connectivity index (χ1n) is 8.84. The van der Waals surface area contributed by atoms with Crippen molar-refractivity contribution in [1.29, 1.82) is 0 Å². The van der Waals surface area contributed by atoms with E-state index in [0.29, 0.717) is 5.69 Å². The lowest BCUT2D eigenvalue weighted by atomic mass is 10.1. The van der Waals surface area contributed by atoms with Crippen LogP contribution in [0.15, 0.2) is 51.8 Å². The van der Waals surface area contributed by atoms with Gasteiger partial charge in [-0.05, 0) is 55.3 Å². The number of amides is 2. The quantitative estimate of drug-likeness (QED) is 0.658. The van der Waals surface area contributed by atoms with E-state index in [1.54, 1.807) is 18.2 Å². The van der Waals surface area contributed by atoms with E-state index in [9.17, 15) is 18.0 Å². The summed E-state index contributed by atoms with van der Waals surface area (Å²) in [4.78, 5) is 26.0. The molecular weight excluding hydrogens is 458 g/mol. The Bertz CT molecular complexity index is 1010. The molecular formula is C20H24BrN3O4S. The summed E-state index contributed by atoms with van der Waals surface area (Å²) in [5.74, 6) is -0.836. The van der Waals surface area contributed by atoms with Crippen LogP contribution in [-0.2, 0) is 19.6 Å². The van der Waals surface area contributed by atoms with Gasteiger partial charge in [0.2, 0.25) is 21.8 Å². The van der Waals surface area contributed by atoms with E-state index >= 15 is 0 Å². The number of aryl methyl sites for hydroxylation is 1. The lowest BCUT2D eigenvalue weighted by Gasteiger charge is -2.22. The Morgan fingerprint density at radius 3 is 2.24 bits per heavy atom. The zero-order valence-corrected chi connectivity index (χ0v) is 19.2. The molecule has 0 aliphatic rings. The smallest absolute Gasteiger partial charge is 0.243 e. The lowest BCUT2D eigenvalue weighted by Crippen LogP contribution is -2.42. The third-order valence-corrected chi connectivity index (χ3v) is 6.91. The van der Waals surface area contributed by atoms with Gasteiger partial charge >= 0.3 is 0 Å². The van der Waals surface area contributed by atoms with Crippen molar-refractivity contribution < 1.29 is 18.0 Å². The van der Waals surface area contributed by atoms with Gasteiger partial charge in [0.15, 0.2) is 0 Å². The van der Waals surface area contributed by atoms with Crippen molar-refractivity contribution in [2.45, 2.75) is 18.7 Å². The number of sulfonamides is 1. The fraction of sp³-hybridized carbons (Fsp3) is 0.300. The van der Waals surface area contributed by atoms with Crippen LogP contribution >= 0.6 is 15.9 Å². The molecule has 1 N–H and O–H groups in total. The SMILES string of the molecule is Cc1cccc(NC(=O)CN(C)C(=O)CN(C)S(=O)(=O)c2ccc(Br)cc2)c1C. The number of hydrogen-bond donors (Lipinski definition) is 1. The van der Waals surface area contributed by atoms with Gasteiger partial charge in [0.25, 0.3) is 0 Å². The zero-order chi connectivity index (χ0) is 21.8. The van der Waals surface area contributed by atoms with Crippen LogP contribution in [0, 0.1) is 13.8 Å². The second-order valence-corrected chi connectivity index (χ2v) is 9.72. The summed E-state index contributed by atoms with van der Waals surface area (Å²) in [6.45, 7) is 3.30. The molecule has 0 aromatic heterocycles. The van der Waals surface area contributed by atoms with E-state index in [-0.39, 0.29) is 23.9 Å². The molecule has 0 radical (unpaired) electrons. The Kier molecular flexibility index (Phi) is 7.56. The molecule has 9 heteroatoms. The highest BCUT2D eigenvalue weighted by Gasteiger charge is 2.25. The molecule has 0 fully saturated rings. The average molecular weight is 482 g/mol. The average Bonchev–Trinajstić information content (AvgIpc) is 2.65. The third kappa shape index (κ3) is 5.88. The molecule has 0 aliphatic heterocycles.